The first-order valence-corrected chi connectivity index (χ1v) is 6.93. The van der Waals surface area contributed by atoms with Gasteiger partial charge in [0.25, 0.3) is 0 Å². The summed E-state index contributed by atoms with van der Waals surface area (Å²) in [6.07, 6.45) is 7.65. The Balaban J connectivity index is 2.04. The third-order valence-electron chi connectivity index (χ3n) is 5.61. The Kier molecular flexibility index (Phi) is 2.64. The van der Waals surface area contributed by atoms with E-state index in [1.54, 1.807) is 7.11 Å². The number of methoxy groups -OCH3 is 1. The lowest BCUT2D eigenvalue weighted by atomic mass is 9.48. The summed E-state index contributed by atoms with van der Waals surface area (Å²) < 4.78 is 11.7. The number of hydrogen-bond donors (Lipinski definition) is 0. The second-order valence-corrected chi connectivity index (χ2v) is 6.55. The fraction of sp³-hybridized carbons (Fsp3) is 0.867. The van der Waals surface area contributed by atoms with Gasteiger partial charge in [-0.05, 0) is 31.6 Å². The van der Waals surface area contributed by atoms with Crippen molar-refractivity contribution in [1.82, 2.24) is 0 Å². The van der Waals surface area contributed by atoms with E-state index in [0.29, 0.717) is 0 Å². The molecule has 1 saturated heterocycles. The second-order valence-electron chi connectivity index (χ2n) is 6.55. The molecule has 0 aromatic carbocycles. The minimum absolute atomic E-state index is 0.0194. The van der Waals surface area contributed by atoms with E-state index in [1.165, 1.54) is 37.7 Å². The molecule has 1 spiro atoms. The summed E-state index contributed by atoms with van der Waals surface area (Å²) in [5.74, 6) is 0.731. The third-order valence-corrected chi connectivity index (χ3v) is 5.61. The van der Waals surface area contributed by atoms with Gasteiger partial charge in [-0.25, -0.2) is 0 Å². The maximum Gasteiger partial charge on any atom is 0.163 e. The standard InChI is InChI=1S/C15H24O2/c1-11-8-12-6-4-5-7-15(12)13(16-3)17-10-14(15,2)9-11/h12-13H,1,4-10H2,2-3H3/t12-,13+,14-,15-/m1/s1. The van der Waals surface area contributed by atoms with Crippen LogP contribution in [0.15, 0.2) is 12.2 Å². The zero-order valence-corrected chi connectivity index (χ0v) is 11.1. The lowest BCUT2D eigenvalue weighted by molar-refractivity contribution is -0.184. The quantitative estimate of drug-likeness (QED) is 0.648. The highest BCUT2D eigenvalue weighted by Crippen LogP contribution is 2.66. The van der Waals surface area contributed by atoms with Crippen molar-refractivity contribution in [2.75, 3.05) is 13.7 Å². The lowest BCUT2D eigenvalue weighted by Crippen LogP contribution is -2.53. The zero-order chi connectivity index (χ0) is 12.1. The van der Waals surface area contributed by atoms with Crippen LogP contribution < -0.4 is 0 Å². The van der Waals surface area contributed by atoms with Gasteiger partial charge < -0.3 is 9.47 Å². The number of ether oxygens (including phenoxy) is 2. The van der Waals surface area contributed by atoms with Crippen molar-refractivity contribution in [1.29, 1.82) is 0 Å². The van der Waals surface area contributed by atoms with Crippen molar-refractivity contribution < 1.29 is 9.47 Å². The molecule has 96 valence electrons. The van der Waals surface area contributed by atoms with Crippen LogP contribution in [0.5, 0.6) is 0 Å². The normalized spacial score (nSPS) is 49.9. The molecule has 0 aromatic heterocycles. The van der Waals surface area contributed by atoms with Crippen molar-refractivity contribution in [2.45, 2.75) is 51.7 Å². The van der Waals surface area contributed by atoms with Crippen molar-refractivity contribution >= 4 is 0 Å². The highest BCUT2D eigenvalue weighted by molar-refractivity contribution is 5.18. The van der Waals surface area contributed by atoms with Crippen LogP contribution in [0.4, 0.5) is 0 Å². The average Bonchev–Trinajstić information content (AvgIpc) is 2.57. The summed E-state index contributed by atoms with van der Waals surface area (Å²) in [6.45, 7) is 7.51. The third kappa shape index (κ3) is 1.40. The Bertz CT molecular complexity index is 338. The molecule has 0 bridgehead atoms. The highest BCUT2D eigenvalue weighted by Gasteiger charge is 2.64. The molecule has 0 N–H and O–H groups in total. The van der Waals surface area contributed by atoms with Crippen molar-refractivity contribution in [3.63, 3.8) is 0 Å². The molecular weight excluding hydrogens is 212 g/mol. The molecule has 17 heavy (non-hydrogen) atoms. The van der Waals surface area contributed by atoms with E-state index in [2.05, 4.69) is 13.5 Å². The Morgan fingerprint density at radius 3 is 3.00 bits per heavy atom. The molecule has 3 aliphatic rings. The highest BCUT2D eigenvalue weighted by atomic mass is 16.7. The first kappa shape index (κ1) is 11.7. The zero-order valence-electron chi connectivity index (χ0n) is 11.1. The van der Waals surface area contributed by atoms with Crippen molar-refractivity contribution in [2.24, 2.45) is 16.7 Å². The van der Waals surface area contributed by atoms with Gasteiger partial charge in [-0.15, -0.1) is 0 Å². The van der Waals surface area contributed by atoms with Crippen LogP contribution in [0, 0.1) is 16.7 Å². The second kappa shape index (κ2) is 3.83. The Labute approximate surface area is 104 Å². The van der Waals surface area contributed by atoms with Crippen LogP contribution in [-0.4, -0.2) is 20.0 Å². The van der Waals surface area contributed by atoms with E-state index in [4.69, 9.17) is 9.47 Å². The van der Waals surface area contributed by atoms with Gasteiger partial charge in [0.05, 0.1) is 6.61 Å². The minimum Gasteiger partial charge on any atom is -0.355 e. The van der Waals surface area contributed by atoms with Gasteiger partial charge in [0.1, 0.15) is 0 Å². The lowest BCUT2D eigenvalue weighted by Gasteiger charge is -2.55. The molecule has 0 unspecified atom stereocenters. The summed E-state index contributed by atoms with van der Waals surface area (Å²) in [5, 5.41) is 0. The molecule has 2 heteroatoms. The van der Waals surface area contributed by atoms with Gasteiger partial charge in [0, 0.05) is 17.9 Å². The molecule has 1 aliphatic heterocycles. The summed E-state index contributed by atoms with van der Waals surface area (Å²) in [4.78, 5) is 0. The van der Waals surface area contributed by atoms with Crippen molar-refractivity contribution in [3.8, 4) is 0 Å². The van der Waals surface area contributed by atoms with Crippen LogP contribution in [-0.2, 0) is 9.47 Å². The van der Waals surface area contributed by atoms with Gasteiger partial charge in [0.15, 0.2) is 6.29 Å². The predicted octanol–water partition coefficient (Wildman–Crippen LogP) is 3.52. The van der Waals surface area contributed by atoms with Crippen molar-refractivity contribution in [3.05, 3.63) is 12.2 Å². The van der Waals surface area contributed by atoms with Gasteiger partial charge in [-0.2, -0.15) is 0 Å². The number of allylic oxidation sites excluding steroid dienone is 1. The fourth-order valence-corrected chi connectivity index (χ4v) is 4.95. The molecule has 2 nitrogen and oxygen atoms in total. The largest absolute Gasteiger partial charge is 0.355 e. The fourth-order valence-electron chi connectivity index (χ4n) is 4.95. The van der Waals surface area contributed by atoms with E-state index < -0.39 is 0 Å². The first-order chi connectivity index (χ1) is 8.12. The number of rotatable bonds is 1. The maximum atomic E-state index is 6.00. The molecule has 1 heterocycles. The first-order valence-electron chi connectivity index (χ1n) is 6.93. The average molecular weight is 236 g/mol. The van der Waals surface area contributed by atoms with Crippen LogP contribution in [0.1, 0.15) is 45.4 Å². The van der Waals surface area contributed by atoms with Crippen LogP contribution in [0.2, 0.25) is 0 Å². The summed E-state index contributed by atoms with van der Waals surface area (Å²) in [5.41, 5.74) is 1.95. The number of hydrogen-bond acceptors (Lipinski definition) is 2. The molecule has 0 amide bonds. The summed E-state index contributed by atoms with van der Waals surface area (Å²) in [6, 6.07) is 0. The smallest absolute Gasteiger partial charge is 0.163 e. The van der Waals surface area contributed by atoms with Crippen LogP contribution in [0.3, 0.4) is 0 Å². The summed E-state index contributed by atoms with van der Waals surface area (Å²) >= 11 is 0. The van der Waals surface area contributed by atoms with Gasteiger partial charge in [-0.1, -0.05) is 31.9 Å². The van der Waals surface area contributed by atoms with Gasteiger partial charge in [-0.3, -0.25) is 0 Å². The molecular formula is C15H24O2. The molecule has 0 radical (unpaired) electrons. The SMILES string of the molecule is C=C1C[C@H]2CCCC[C@]23[C@@H](OC)OC[C@@]3(C)C1. The topological polar surface area (TPSA) is 18.5 Å². The molecule has 0 aromatic rings. The molecule has 2 saturated carbocycles. The monoisotopic (exact) mass is 236 g/mol. The van der Waals surface area contributed by atoms with E-state index in [-0.39, 0.29) is 17.1 Å². The van der Waals surface area contributed by atoms with Crippen LogP contribution >= 0.6 is 0 Å². The van der Waals surface area contributed by atoms with E-state index in [1.807, 2.05) is 0 Å². The molecule has 3 rings (SSSR count). The van der Waals surface area contributed by atoms with E-state index in [9.17, 15) is 0 Å². The maximum absolute atomic E-state index is 6.00. The van der Waals surface area contributed by atoms with Crippen LogP contribution in [0.25, 0.3) is 0 Å². The molecule has 4 atom stereocenters. The van der Waals surface area contributed by atoms with Gasteiger partial charge >= 0.3 is 0 Å². The molecule has 3 fully saturated rings. The Morgan fingerprint density at radius 1 is 1.41 bits per heavy atom. The predicted molar refractivity (Wildman–Crippen MR) is 67.6 cm³/mol. The Hall–Kier alpha value is -0.340. The van der Waals surface area contributed by atoms with E-state index in [0.717, 1.165) is 18.9 Å². The Morgan fingerprint density at radius 2 is 2.24 bits per heavy atom. The van der Waals surface area contributed by atoms with Gasteiger partial charge in [0.2, 0.25) is 0 Å². The van der Waals surface area contributed by atoms with E-state index >= 15 is 0 Å². The minimum atomic E-state index is 0.0194. The summed E-state index contributed by atoms with van der Waals surface area (Å²) in [7, 11) is 1.81. The molecule has 2 aliphatic carbocycles.